The number of Topliss-reactive ketones (excluding diaryl/α,β-unsaturated/α-hetero) is 1. The van der Waals surface area contributed by atoms with Crippen LogP contribution in [0.1, 0.15) is 17.0 Å². The summed E-state index contributed by atoms with van der Waals surface area (Å²) in [7, 11) is 0. The Labute approximate surface area is 136 Å². The molecule has 0 radical (unpaired) electrons. The molecule has 0 bridgehead atoms. The van der Waals surface area contributed by atoms with Crippen molar-refractivity contribution in [3.8, 4) is 11.3 Å². The quantitative estimate of drug-likeness (QED) is 0.720. The largest absolute Gasteiger partial charge is 0.299 e. The van der Waals surface area contributed by atoms with Crippen LogP contribution in [0.4, 0.5) is 0 Å². The summed E-state index contributed by atoms with van der Waals surface area (Å²) in [5.74, 6) is 0.959. The number of carbonyl (C=O) groups excluding carboxylic acids is 1. The molecule has 0 aliphatic carbocycles. The van der Waals surface area contributed by atoms with Gasteiger partial charge in [0.2, 0.25) is 0 Å². The zero-order chi connectivity index (χ0) is 16.1. The van der Waals surface area contributed by atoms with Crippen LogP contribution in [-0.2, 0) is 17.6 Å². The fraction of sp³-hybridized carbons (Fsp3) is 0.150. The summed E-state index contributed by atoms with van der Waals surface area (Å²) in [6, 6.07) is 19.7. The van der Waals surface area contributed by atoms with E-state index < -0.39 is 0 Å². The minimum atomic E-state index is 0.215. The summed E-state index contributed by atoms with van der Waals surface area (Å²) in [4.78, 5) is 20.8. The van der Waals surface area contributed by atoms with Crippen molar-refractivity contribution in [3.63, 3.8) is 0 Å². The van der Waals surface area contributed by atoms with Crippen LogP contribution in [-0.4, -0.2) is 15.8 Å². The van der Waals surface area contributed by atoms with E-state index in [0.29, 0.717) is 12.8 Å². The molecule has 2 aromatic carbocycles. The zero-order valence-corrected chi connectivity index (χ0v) is 13.1. The molecule has 0 aliphatic heterocycles. The maximum absolute atomic E-state index is 12.3. The van der Waals surface area contributed by atoms with Crippen molar-refractivity contribution in [2.24, 2.45) is 0 Å². The lowest BCUT2D eigenvalue weighted by Crippen LogP contribution is -2.06. The van der Waals surface area contributed by atoms with Crippen molar-refractivity contribution in [2.45, 2.75) is 19.8 Å². The van der Waals surface area contributed by atoms with Crippen LogP contribution in [0, 0.1) is 6.92 Å². The Kier molecular flexibility index (Phi) is 4.57. The van der Waals surface area contributed by atoms with E-state index in [1.165, 1.54) is 0 Å². The van der Waals surface area contributed by atoms with Crippen LogP contribution in [0.3, 0.4) is 0 Å². The molecule has 1 heterocycles. The maximum Gasteiger partial charge on any atom is 0.141 e. The van der Waals surface area contributed by atoms with Crippen LogP contribution >= 0.6 is 0 Å². The van der Waals surface area contributed by atoms with E-state index in [4.69, 9.17) is 0 Å². The van der Waals surface area contributed by atoms with Crippen LogP contribution in [0.15, 0.2) is 66.9 Å². The molecule has 0 N–H and O–H groups in total. The van der Waals surface area contributed by atoms with Crippen LogP contribution in [0.5, 0.6) is 0 Å². The highest BCUT2D eigenvalue weighted by molar-refractivity contribution is 5.83. The average molecular weight is 302 g/mol. The summed E-state index contributed by atoms with van der Waals surface area (Å²) in [5, 5.41) is 0. The smallest absolute Gasteiger partial charge is 0.141 e. The number of ketones is 1. The number of hydrogen-bond acceptors (Lipinski definition) is 3. The van der Waals surface area contributed by atoms with Gasteiger partial charge in [0, 0.05) is 24.6 Å². The SMILES string of the molecule is Cc1nccc(-c2cccc(CC(=O)Cc3ccccc3)c2)n1. The lowest BCUT2D eigenvalue weighted by molar-refractivity contribution is -0.117. The third kappa shape index (κ3) is 4.10. The Morgan fingerprint density at radius 2 is 1.65 bits per heavy atom. The molecule has 0 spiro atoms. The van der Waals surface area contributed by atoms with E-state index in [-0.39, 0.29) is 5.78 Å². The summed E-state index contributed by atoms with van der Waals surface area (Å²) in [6.07, 6.45) is 2.66. The molecular weight excluding hydrogens is 284 g/mol. The first-order valence-electron chi connectivity index (χ1n) is 7.65. The molecule has 0 amide bonds. The van der Waals surface area contributed by atoms with Gasteiger partial charge in [-0.15, -0.1) is 0 Å². The fourth-order valence-corrected chi connectivity index (χ4v) is 2.57. The first kappa shape index (κ1) is 15.1. The van der Waals surface area contributed by atoms with E-state index >= 15 is 0 Å². The second kappa shape index (κ2) is 6.97. The molecular formula is C20H18N2O. The van der Waals surface area contributed by atoms with Crippen molar-refractivity contribution < 1.29 is 4.79 Å². The van der Waals surface area contributed by atoms with E-state index in [2.05, 4.69) is 9.97 Å². The van der Waals surface area contributed by atoms with Crippen molar-refractivity contribution in [1.82, 2.24) is 9.97 Å². The molecule has 1 aromatic heterocycles. The van der Waals surface area contributed by atoms with Gasteiger partial charge in [-0.2, -0.15) is 0 Å². The number of carbonyl (C=O) groups is 1. The molecule has 3 nitrogen and oxygen atoms in total. The molecule has 3 rings (SSSR count). The van der Waals surface area contributed by atoms with E-state index in [1.54, 1.807) is 6.20 Å². The topological polar surface area (TPSA) is 42.9 Å². The summed E-state index contributed by atoms with van der Waals surface area (Å²) in [5.41, 5.74) is 3.97. The van der Waals surface area contributed by atoms with Gasteiger partial charge >= 0.3 is 0 Å². The lowest BCUT2D eigenvalue weighted by Gasteiger charge is -2.06. The molecule has 0 saturated carbocycles. The maximum atomic E-state index is 12.3. The first-order valence-corrected chi connectivity index (χ1v) is 7.65. The Balaban J connectivity index is 1.74. The van der Waals surface area contributed by atoms with Gasteiger partial charge in [0.05, 0.1) is 5.69 Å². The molecule has 0 fully saturated rings. The molecule has 23 heavy (non-hydrogen) atoms. The van der Waals surface area contributed by atoms with Crippen molar-refractivity contribution >= 4 is 5.78 Å². The van der Waals surface area contributed by atoms with Gasteiger partial charge in [0.15, 0.2) is 0 Å². The standard InChI is InChI=1S/C20H18N2O/c1-15-21-11-10-20(22-15)18-9-5-8-17(12-18)14-19(23)13-16-6-3-2-4-7-16/h2-12H,13-14H2,1H3. The van der Waals surface area contributed by atoms with Gasteiger partial charge in [0.25, 0.3) is 0 Å². The molecule has 0 saturated heterocycles. The van der Waals surface area contributed by atoms with Gasteiger partial charge in [0.1, 0.15) is 11.6 Å². The number of rotatable bonds is 5. The van der Waals surface area contributed by atoms with Gasteiger partial charge in [-0.3, -0.25) is 4.79 Å². The first-order chi connectivity index (χ1) is 11.2. The second-order valence-electron chi connectivity index (χ2n) is 5.57. The van der Waals surface area contributed by atoms with Crippen LogP contribution in [0.2, 0.25) is 0 Å². The lowest BCUT2D eigenvalue weighted by atomic mass is 10.0. The average Bonchev–Trinajstić information content (AvgIpc) is 2.56. The molecule has 0 unspecified atom stereocenters. The summed E-state index contributed by atoms with van der Waals surface area (Å²) >= 11 is 0. The molecule has 0 atom stereocenters. The Hall–Kier alpha value is -2.81. The van der Waals surface area contributed by atoms with E-state index in [0.717, 1.165) is 28.2 Å². The van der Waals surface area contributed by atoms with Crippen molar-refractivity contribution in [2.75, 3.05) is 0 Å². The Morgan fingerprint density at radius 1 is 0.913 bits per heavy atom. The Morgan fingerprint density at radius 3 is 2.43 bits per heavy atom. The fourth-order valence-electron chi connectivity index (χ4n) is 2.57. The van der Waals surface area contributed by atoms with Gasteiger partial charge in [-0.1, -0.05) is 48.5 Å². The summed E-state index contributed by atoms with van der Waals surface area (Å²) < 4.78 is 0. The second-order valence-corrected chi connectivity index (χ2v) is 5.57. The predicted molar refractivity (Wildman–Crippen MR) is 91.1 cm³/mol. The predicted octanol–water partition coefficient (Wildman–Crippen LogP) is 3.81. The van der Waals surface area contributed by atoms with Crippen molar-refractivity contribution in [1.29, 1.82) is 0 Å². The molecule has 3 heteroatoms. The minimum absolute atomic E-state index is 0.215. The van der Waals surface area contributed by atoms with Crippen LogP contribution in [0.25, 0.3) is 11.3 Å². The number of hydrogen-bond donors (Lipinski definition) is 0. The molecule has 114 valence electrons. The normalized spacial score (nSPS) is 10.5. The highest BCUT2D eigenvalue weighted by Gasteiger charge is 2.07. The van der Waals surface area contributed by atoms with Crippen molar-refractivity contribution in [3.05, 3.63) is 83.8 Å². The monoisotopic (exact) mass is 302 g/mol. The van der Waals surface area contributed by atoms with Crippen LogP contribution < -0.4 is 0 Å². The third-order valence-electron chi connectivity index (χ3n) is 3.64. The Bertz CT molecular complexity index is 813. The highest BCUT2D eigenvalue weighted by atomic mass is 16.1. The minimum Gasteiger partial charge on any atom is -0.299 e. The summed E-state index contributed by atoms with van der Waals surface area (Å²) in [6.45, 7) is 1.87. The van der Waals surface area contributed by atoms with Gasteiger partial charge in [-0.25, -0.2) is 9.97 Å². The zero-order valence-electron chi connectivity index (χ0n) is 13.1. The highest BCUT2D eigenvalue weighted by Crippen LogP contribution is 2.18. The number of benzene rings is 2. The number of nitrogens with zero attached hydrogens (tertiary/aromatic N) is 2. The number of aryl methyl sites for hydroxylation is 1. The van der Waals surface area contributed by atoms with E-state index in [1.807, 2.05) is 67.6 Å². The number of aromatic nitrogens is 2. The third-order valence-corrected chi connectivity index (χ3v) is 3.64. The molecule has 3 aromatic rings. The van der Waals surface area contributed by atoms with Gasteiger partial charge in [-0.05, 0) is 30.2 Å². The van der Waals surface area contributed by atoms with Gasteiger partial charge < -0.3 is 0 Å². The van der Waals surface area contributed by atoms with E-state index in [9.17, 15) is 4.79 Å². The molecule has 0 aliphatic rings.